The predicted molar refractivity (Wildman–Crippen MR) is 57.5 cm³/mol. The maximum atomic E-state index is 11.1. The fraction of sp³-hybridized carbons (Fsp3) is 0.545. The van der Waals surface area contributed by atoms with Crippen molar-refractivity contribution in [2.75, 3.05) is 5.32 Å². The molecule has 0 amide bonds. The molecule has 0 aliphatic heterocycles. The summed E-state index contributed by atoms with van der Waals surface area (Å²) >= 11 is 0. The van der Waals surface area contributed by atoms with Gasteiger partial charge in [-0.3, -0.25) is 4.79 Å². The number of hydrogen-bond acceptors (Lipinski definition) is 2. The molecule has 3 nitrogen and oxygen atoms in total. The van der Waals surface area contributed by atoms with Crippen LogP contribution >= 0.6 is 0 Å². The normalized spacial score (nSPS) is 17.9. The van der Waals surface area contributed by atoms with Crippen molar-refractivity contribution in [2.45, 2.75) is 25.8 Å². The number of aromatic nitrogens is 1. The minimum atomic E-state index is 0.0367. The molecule has 0 saturated heterocycles. The highest BCUT2D eigenvalue weighted by Gasteiger charge is 2.27. The van der Waals surface area contributed by atoms with E-state index in [4.69, 9.17) is 0 Å². The van der Waals surface area contributed by atoms with E-state index in [1.54, 1.807) is 17.7 Å². The van der Waals surface area contributed by atoms with Crippen molar-refractivity contribution in [3.63, 3.8) is 0 Å². The molecule has 1 saturated carbocycles. The first-order valence-electron chi connectivity index (χ1n) is 5.10. The number of aryl methyl sites for hydroxylation is 1. The highest BCUT2D eigenvalue weighted by Crippen LogP contribution is 2.33. The molecule has 1 aliphatic carbocycles. The van der Waals surface area contributed by atoms with Gasteiger partial charge in [0.1, 0.15) is 0 Å². The summed E-state index contributed by atoms with van der Waals surface area (Å²) in [6.45, 7) is 2.20. The lowest BCUT2D eigenvalue weighted by atomic mass is 10.2. The van der Waals surface area contributed by atoms with E-state index >= 15 is 0 Å². The molecule has 14 heavy (non-hydrogen) atoms. The van der Waals surface area contributed by atoms with Crippen LogP contribution in [0.1, 0.15) is 19.8 Å². The van der Waals surface area contributed by atoms with Crippen LogP contribution in [0, 0.1) is 5.92 Å². The van der Waals surface area contributed by atoms with Gasteiger partial charge in [-0.15, -0.1) is 0 Å². The average Bonchev–Trinajstić information content (AvgIpc) is 2.94. The summed E-state index contributed by atoms with van der Waals surface area (Å²) < 4.78 is 1.60. The summed E-state index contributed by atoms with van der Waals surface area (Å²) in [5, 5.41) is 3.41. The zero-order chi connectivity index (χ0) is 10.1. The van der Waals surface area contributed by atoms with Crippen LogP contribution < -0.4 is 10.9 Å². The number of nitrogens with zero attached hydrogens (tertiary/aromatic N) is 1. The van der Waals surface area contributed by atoms with E-state index in [0.29, 0.717) is 6.04 Å². The minimum absolute atomic E-state index is 0.0367. The number of hydrogen-bond donors (Lipinski definition) is 1. The van der Waals surface area contributed by atoms with E-state index in [2.05, 4.69) is 12.2 Å². The second-order valence-electron chi connectivity index (χ2n) is 4.14. The second kappa shape index (κ2) is 3.48. The molecule has 1 heterocycles. The number of nitrogens with one attached hydrogen (secondary N) is 1. The third kappa shape index (κ3) is 1.97. The van der Waals surface area contributed by atoms with Crippen molar-refractivity contribution in [1.29, 1.82) is 0 Å². The minimum Gasteiger partial charge on any atom is -0.381 e. The van der Waals surface area contributed by atoms with E-state index in [0.717, 1.165) is 11.6 Å². The van der Waals surface area contributed by atoms with E-state index in [9.17, 15) is 4.79 Å². The fourth-order valence-corrected chi connectivity index (χ4v) is 1.66. The van der Waals surface area contributed by atoms with Gasteiger partial charge in [-0.2, -0.15) is 0 Å². The Bertz CT molecular complexity index is 379. The van der Waals surface area contributed by atoms with Gasteiger partial charge in [0.2, 0.25) is 5.56 Å². The van der Waals surface area contributed by atoms with E-state index in [1.165, 1.54) is 12.8 Å². The molecule has 0 bridgehead atoms. The van der Waals surface area contributed by atoms with Crippen molar-refractivity contribution in [3.05, 3.63) is 28.7 Å². The average molecular weight is 192 g/mol. The summed E-state index contributed by atoms with van der Waals surface area (Å²) in [6, 6.07) is 3.97. The lowest BCUT2D eigenvalue weighted by Gasteiger charge is -2.14. The van der Waals surface area contributed by atoms with Gasteiger partial charge in [0.05, 0.1) is 5.69 Å². The Morgan fingerprint density at radius 1 is 1.50 bits per heavy atom. The van der Waals surface area contributed by atoms with Crippen LogP contribution in [0.2, 0.25) is 0 Å². The van der Waals surface area contributed by atoms with Gasteiger partial charge in [-0.05, 0) is 31.7 Å². The third-order valence-electron chi connectivity index (χ3n) is 2.81. The van der Waals surface area contributed by atoms with Crippen LogP contribution in [-0.2, 0) is 7.05 Å². The SMILES string of the molecule is CC(Nc1ccc(=O)n(C)c1)C1CC1. The summed E-state index contributed by atoms with van der Waals surface area (Å²) in [5.41, 5.74) is 1.07. The quantitative estimate of drug-likeness (QED) is 0.789. The lowest BCUT2D eigenvalue weighted by Crippen LogP contribution is -2.20. The molecule has 1 atom stereocenters. The summed E-state index contributed by atoms with van der Waals surface area (Å²) in [4.78, 5) is 11.1. The molecule has 0 aromatic carbocycles. The molecule has 0 spiro atoms. The van der Waals surface area contributed by atoms with Gasteiger partial charge >= 0.3 is 0 Å². The lowest BCUT2D eigenvalue weighted by molar-refractivity contribution is 0.691. The molecule has 1 fully saturated rings. The predicted octanol–water partition coefficient (Wildman–Crippen LogP) is 1.60. The monoisotopic (exact) mass is 192 g/mol. The van der Waals surface area contributed by atoms with Gasteiger partial charge < -0.3 is 9.88 Å². The van der Waals surface area contributed by atoms with E-state index in [-0.39, 0.29) is 5.56 Å². The Kier molecular flexibility index (Phi) is 2.32. The Morgan fingerprint density at radius 2 is 2.21 bits per heavy atom. The van der Waals surface area contributed by atoms with Crippen LogP contribution in [0.3, 0.4) is 0 Å². The van der Waals surface area contributed by atoms with E-state index in [1.807, 2.05) is 12.3 Å². The van der Waals surface area contributed by atoms with Crippen LogP contribution in [0.4, 0.5) is 5.69 Å². The zero-order valence-corrected chi connectivity index (χ0v) is 8.66. The maximum absolute atomic E-state index is 11.1. The van der Waals surface area contributed by atoms with Crippen molar-refractivity contribution in [3.8, 4) is 0 Å². The Hall–Kier alpha value is -1.25. The molecular weight excluding hydrogens is 176 g/mol. The fourth-order valence-electron chi connectivity index (χ4n) is 1.66. The van der Waals surface area contributed by atoms with Crippen molar-refractivity contribution in [2.24, 2.45) is 13.0 Å². The Morgan fingerprint density at radius 3 is 2.79 bits per heavy atom. The van der Waals surface area contributed by atoms with Crippen molar-refractivity contribution in [1.82, 2.24) is 4.57 Å². The van der Waals surface area contributed by atoms with Crippen LogP contribution in [0.5, 0.6) is 0 Å². The maximum Gasteiger partial charge on any atom is 0.250 e. The molecule has 1 aromatic heterocycles. The number of pyridine rings is 1. The zero-order valence-electron chi connectivity index (χ0n) is 8.66. The third-order valence-corrected chi connectivity index (χ3v) is 2.81. The largest absolute Gasteiger partial charge is 0.381 e. The summed E-state index contributed by atoms with van der Waals surface area (Å²) in [6.07, 6.45) is 4.51. The first-order chi connectivity index (χ1) is 6.66. The molecule has 1 N–H and O–H groups in total. The van der Waals surface area contributed by atoms with Gasteiger partial charge in [0.25, 0.3) is 0 Å². The van der Waals surface area contributed by atoms with Gasteiger partial charge in [0.15, 0.2) is 0 Å². The molecule has 1 aromatic rings. The smallest absolute Gasteiger partial charge is 0.250 e. The molecule has 3 heteroatoms. The highest BCUT2D eigenvalue weighted by atomic mass is 16.1. The Balaban J connectivity index is 2.08. The molecule has 0 radical (unpaired) electrons. The van der Waals surface area contributed by atoms with Gasteiger partial charge in [-0.25, -0.2) is 0 Å². The molecule has 2 rings (SSSR count). The van der Waals surface area contributed by atoms with Gasteiger partial charge in [0, 0.05) is 25.4 Å². The first-order valence-corrected chi connectivity index (χ1v) is 5.10. The van der Waals surface area contributed by atoms with Crippen molar-refractivity contribution < 1.29 is 0 Å². The molecular formula is C11H16N2O. The molecule has 76 valence electrons. The standard InChI is InChI=1S/C11H16N2O/c1-8(9-3-4-9)12-10-5-6-11(14)13(2)7-10/h5-9,12H,3-4H2,1-2H3. The second-order valence-corrected chi connectivity index (χ2v) is 4.14. The van der Waals surface area contributed by atoms with Crippen LogP contribution in [0.25, 0.3) is 0 Å². The van der Waals surface area contributed by atoms with Crippen LogP contribution in [-0.4, -0.2) is 10.6 Å². The summed E-state index contributed by atoms with van der Waals surface area (Å²) in [5.74, 6) is 0.826. The number of anilines is 1. The highest BCUT2D eigenvalue weighted by molar-refractivity contribution is 5.41. The van der Waals surface area contributed by atoms with E-state index < -0.39 is 0 Å². The van der Waals surface area contributed by atoms with Crippen molar-refractivity contribution >= 4 is 5.69 Å². The number of rotatable bonds is 3. The first kappa shape index (κ1) is 9.31. The topological polar surface area (TPSA) is 34.0 Å². The van der Waals surface area contributed by atoms with Crippen LogP contribution in [0.15, 0.2) is 23.1 Å². The Labute approximate surface area is 83.8 Å². The summed E-state index contributed by atoms with van der Waals surface area (Å²) in [7, 11) is 1.77. The van der Waals surface area contributed by atoms with Gasteiger partial charge in [-0.1, -0.05) is 0 Å². The molecule has 1 unspecified atom stereocenters. The molecule has 1 aliphatic rings.